The standard InChI is InChI=1S/C19H21N3O4S/c1-13(23)20-16-5-7-17(8-6-16)27(25,26)21-10-14-9-15(12-21)18-3-2-4-19(24)22(18)11-14/h2-8,14-15H,9-12H2,1H3,(H,20,23)/t14-,15-/m0/s1. The summed E-state index contributed by atoms with van der Waals surface area (Å²) in [6, 6.07) is 11.4. The van der Waals surface area contributed by atoms with E-state index in [1.54, 1.807) is 28.8 Å². The molecule has 1 fully saturated rings. The number of nitrogens with one attached hydrogen (secondary N) is 1. The third kappa shape index (κ3) is 3.30. The van der Waals surface area contributed by atoms with E-state index < -0.39 is 10.0 Å². The number of hydrogen-bond donors (Lipinski definition) is 1. The first-order chi connectivity index (χ1) is 12.8. The van der Waals surface area contributed by atoms with E-state index in [4.69, 9.17) is 0 Å². The first-order valence-corrected chi connectivity index (χ1v) is 10.4. The third-order valence-corrected chi connectivity index (χ3v) is 7.10. The molecular formula is C19H21N3O4S. The van der Waals surface area contributed by atoms with Gasteiger partial charge in [-0.15, -0.1) is 0 Å². The summed E-state index contributed by atoms with van der Waals surface area (Å²) in [4.78, 5) is 23.4. The van der Waals surface area contributed by atoms with Gasteiger partial charge in [0.2, 0.25) is 15.9 Å². The number of rotatable bonds is 3. The Bertz CT molecular complexity index is 1040. The van der Waals surface area contributed by atoms with Crippen LogP contribution in [0.1, 0.15) is 25.0 Å². The van der Waals surface area contributed by atoms with Crippen molar-refractivity contribution in [2.45, 2.75) is 30.7 Å². The van der Waals surface area contributed by atoms with Crippen LogP contribution in [-0.2, 0) is 21.4 Å². The molecule has 3 heterocycles. The number of piperidine rings is 1. The molecule has 27 heavy (non-hydrogen) atoms. The summed E-state index contributed by atoms with van der Waals surface area (Å²) >= 11 is 0. The number of amides is 1. The highest BCUT2D eigenvalue weighted by molar-refractivity contribution is 7.89. The van der Waals surface area contributed by atoms with Gasteiger partial charge in [-0.05, 0) is 42.7 Å². The zero-order chi connectivity index (χ0) is 19.2. The monoisotopic (exact) mass is 387 g/mol. The number of fused-ring (bicyclic) bond motifs is 4. The normalized spacial score (nSPS) is 22.1. The van der Waals surface area contributed by atoms with E-state index in [1.165, 1.54) is 23.4 Å². The van der Waals surface area contributed by atoms with Crippen molar-refractivity contribution < 1.29 is 13.2 Å². The number of anilines is 1. The number of carbonyl (C=O) groups excluding carboxylic acids is 1. The SMILES string of the molecule is CC(=O)Nc1ccc(S(=O)(=O)N2C[C@@H]3C[C@@H](C2)c2cccc(=O)n2C3)cc1. The molecule has 2 bridgehead atoms. The molecule has 1 aromatic heterocycles. The van der Waals surface area contributed by atoms with Gasteiger partial charge >= 0.3 is 0 Å². The highest BCUT2D eigenvalue weighted by atomic mass is 32.2. The largest absolute Gasteiger partial charge is 0.326 e. The smallest absolute Gasteiger partial charge is 0.250 e. The van der Waals surface area contributed by atoms with E-state index in [-0.39, 0.29) is 28.2 Å². The second-order valence-corrected chi connectivity index (χ2v) is 9.16. The average Bonchev–Trinajstić information content (AvgIpc) is 2.62. The summed E-state index contributed by atoms with van der Waals surface area (Å²) in [6.45, 7) is 2.74. The van der Waals surface area contributed by atoms with Crippen molar-refractivity contribution in [3.8, 4) is 0 Å². The summed E-state index contributed by atoms with van der Waals surface area (Å²) in [7, 11) is -3.63. The topological polar surface area (TPSA) is 88.5 Å². The molecular weight excluding hydrogens is 366 g/mol. The lowest BCUT2D eigenvalue weighted by molar-refractivity contribution is -0.114. The van der Waals surface area contributed by atoms with E-state index in [0.29, 0.717) is 25.3 Å². The molecule has 0 spiro atoms. The van der Waals surface area contributed by atoms with Gasteiger partial charge in [0.15, 0.2) is 0 Å². The molecule has 0 radical (unpaired) electrons. The molecule has 2 atom stereocenters. The lowest BCUT2D eigenvalue weighted by Gasteiger charge is -2.42. The molecule has 1 N–H and O–H groups in total. The Morgan fingerprint density at radius 3 is 2.52 bits per heavy atom. The van der Waals surface area contributed by atoms with Crippen LogP contribution in [0.4, 0.5) is 5.69 Å². The Balaban J connectivity index is 1.61. The molecule has 1 aromatic carbocycles. The van der Waals surface area contributed by atoms with E-state index in [0.717, 1.165) is 12.1 Å². The van der Waals surface area contributed by atoms with Gasteiger partial charge in [0.05, 0.1) is 4.90 Å². The number of nitrogens with zero attached hydrogens (tertiary/aromatic N) is 2. The maximum atomic E-state index is 13.1. The van der Waals surface area contributed by atoms with Crippen molar-refractivity contribution >= 4 is 21.6 Å². The fourth-order valence-electron chi connectivity index (χ4n) is 4.11. The molecule has 2 aromatic rings. The van der Waals surface area contributed by atoms with Crippen molar-refractivity contribution in [3.63, 3.8) is 0 Å². The molecule has 142 valence electrons. The highest BCUT2D eigenvalue weighted by Crippen LogP contribution is 2.37. The maximum absolute atomic E-state index is 13.1. The van der Waals surface area contributed by atoms with Gasteiger partial charge < -0.3 is 9.88 Å². The summed E-state index contributed by atoms with van der Waals surface area (Å²) in [5.74, 6) is -0.0482. The summed E-state index contributed by atoms with van der Waals surface area (Å²) in [6.07, 6.45) is 0.900. The second kappa shape index (κ2) is 6.61. The van der Waals surface area contributed by atoms with Gasteiger partial charge in [0.1, 0.15) is 0 Å². The minimum atomic E-state index is -3.63. The lowest BCUT2D eigenvalue weighted by Crippen LogP contribution is -2.48. The Hall–Kier alpha value is -2.45. The van der Waals surface area contributed by atoms with Gasteiger partial charge in [-0.1, -0.05) is 6.07 Å². The zero-order valence-corrected chi connectivity index (χ0v) is 15.8. The van der Waals surface area contributed by atoms with E-state index in [2.05, 4.69) is 5.32 Å². The predicted molar refractivity (Wildman–Crippen MR) is 101 cm³/mol. The number of sulfonamides is 1. The molecule has 0 saturated carbocycles. The minimum Gasteiger partial charge on any atom is -0.326 e. The summed E-state index contributed by atoms with van der Waals surface area (Å²) in [5.41, 5.74) is 1.46. The van der Waals surface area contributed by atoms with Gasteiger partial charge in [-0.3, -0.25) is 9.59 Å². The number of benzene rings is 1. The van der Waals surface area contributed by atoms with Crippen LogP contribution >= 0.6 is 0 Å². The van der Waals surface area contributed by atoms with E-state index >= 15 is 0 Å². The summed E-state index contributed by atoms with van der Waals surface area (Å²) in [5, 5.41) is 2.63. The van der Waals surface area contributed by atoms with Gasteiger partial charge in [-0.2, -0.15) is 4.31 Å². The molecule has 7 nitrogen and oxygen atoms in total. The van der Waals surface area contributed by atoms with E-state index in [9.17, 15) is 18.0 Å². The van der Waals surface area contributed by atoms with Crippen LogP contribution in [0.5, 0.6) is 0 Å². The van der Waals surface area contributed by atoms with Crippen molar-refractivity contribution in [2.75, 3.05) is 18.4 Å². The van der Waals surface area contributed by atoms with Crippen molar-refractivity contribution in [1.29, 1.82) is 0 Å². The van der Waals surface area contributed by atoms with Gasteiger partial charge in [0, 0.05) is 49.9 Å². The predicted octanol–water partition coefficient (Wildman–Crippen LogP) is 1.61. The van der Waals surface area contributed by atoms with Crippen LogP contribution in [0.2, 0.25) is 0 Å². The Kier molecular flexibility index (Phi) is 4.39. The maximum Gasteiger partial charge on any atom is 0.250 e. The van der Waals surface area contributed by atoms with Gasteiger partial charge in [-0.25, -0.2) is 8.42 Å². The minimum absolute atomic E-state index is 0.0212. The Labute approximate surface area is 157 Å². The number of pyridine rings is 1. The van der Waals surface area contributed by atoms with E-state index in [1.807, 2.05) is 6.07 Å². The number of hydrogen-bond acceptors (Lipinski definition) is 4. The Morgan fingerprint density at radius 1 is 1.07 bits per heavy atom. The van der Waals surface area contributed by atoms with Crippen molar-refractivity contribution in [2.24, 2.45) is 5.92 Å². The first kappa shape index (κ1) is 17.9. The summed E-state index contributed by atoms with van der Waals surface area (Å²) < 4.78 is 29.5. The van der Waals surface area contributed by atoms with Crippen LogP contribution in [0.15, 0.2) is 52.2 Å². The molecule has 0 aliphatic carbocycles. The molecule has 4 rings (SSSR count). The average molecular weight is 387 g/mol. The van der Waals surface area contributed by atoms with Crippen molar-refractivity contribution in [1.82, 2.24) is 8.87 Å². The second-order valence-electron chi connectivity index (χ2n) is 7.23. The molecule has 0 unspecified atom stereocenters. The molecule has 1 saturated heterocycles. The van der Waals surface area contributed by atoms with Gasteiger partial charge in [0.25, 0.3) is 5.56 Å². The van der Waals surface area contributed by atoms with Crippen LogP contribution < -0.4 is 10.9 Å². The molecule has 2 aliphatic heterocycles. The van der Waals surface area contributed by atoms with Crippen LogP contribution in [0, 0.1) is 5.92 Å². The zero-order valence-electron chi connectivity index (χ0n) is 15.0. The van der Waals surface area contributed by atoms with Crippen LogP contribution in [0.25, 0.3) is 0 Å². The number of carbonyl (C=O) groups is 1. The number of aromatic nitrogens is 1. The lowest BCUT2D eigenvalue weighted by atomic mass is 9.84. The highest BCUT2D eigenvalue weighted by Gasteiger charge is 2.39. The third-order valence-electron chi connectivity index (χ3n) is 5.26. The molecule has 2 aliphatic rings. The van der Waals surface area contributed by atoms with Crippen LogP contribution in [0.3, 0.4) is 0 Å². The fourth-order valence-corrected chi connectivity index (χ4v) is 5.67. The van der Waals surface area contributed by atoms with Crippen LogP contribution in [-0.4, -0.2) is 36.3 Å². The Morgan fingerprint density at radius 2 is 1.81 bits per heavy atom. The quantitative estimate of drug-likeness (QED) is 0.867. The van der Waals surface area contributed by atoms with Crippen molar-refractivity contribution in [3.05, 3.63) is 58.5 Å². The molecule has 8 heteroatoms. The fraction of sp³-hybridized carbons (Fsp3) is 0.368. The molecule has 1 amide bonds. The first-order valence-electron chi connectivity index (χ1n) is 8.92.